The molecule has 1 heterocycles. The molecular formula is C13H25N3O3. The number of amides is 2. The predicted octanol–water partition coefficient (Wildman–Crippen LogP) is -0.260. The minimum Gasteiger partial charge on any atom is -0.378 e. The lowest BCUT2D eigenvalue weighted by atomic mass is 10.2. The predicted molar refractivity (Wildman–Crippen MR) is 72.8 cm³/mol. The van der Waals surface area contributed by atoms with E-state index < -0.39 is 0 Å². The SMILES string of the molecule is CCC(C)NC(=O)CCNCC(=O)N1CCOCC1. The number of carbonyl (C=O) groups excluding carboxylic acids is 2. The lowest BCUT2D eigenvalue weighted by Crippen LogP contribution is -2.45. The molecule has 1 atom stereocenters. The van der Waals surface area contributed by atoms with Gasteiger partial charge in [0.05, 0.1) is 19.8 Å². The van der Waals surface area contributed by atoms with Crippen LogP contribution in [0.1, 0.15) is 26.7 Å². The molecule has 1 fully saturated rings. The zero-order valence-corrected chi connectivity index (χ0v) is 11.9. The van der Waals surface area contributed by atoms with Crippen molar-refractivity contribution in [2.24, 2.45) is 0 Å². The van der Waals surface area contributed by atoms with Crippen LogP contribution in [-0.2, 0) is 14.3 Å². The molecule has 6 nitrogen and oxygen atoms in total. The van der Waals surface area contributed by atoms with Crippen LogP contribution in [0.15, 0.2) is 0 Å². The van der Waals surface area contributed by atoms with E-state index in [-0.39, 0.29) is 24.4 Å². The Labute approximate surface area is 114 Å². The molecule has 1 rings (SSSR count). The van der Waals surface area contributed by atoms with Gasteiger partial charge in [-0.2, -0.15) is 0 Å². The highest BCUT2D eigenvalue weighted by atomic mass is 16.5. The van der Waals surface area contributed by atoms with Gasteiger partial charge in [0.25, 0.3) is 0 Å². The van der Waals surface area contributed by atoms with Crippen molar-refractivity contribution in [3.05, 3.63) is 0 Å². The summed E-state index contributed by atoms with van der Waals surface area (Å²) in [6, 6.07) is 0.211. The van der Waals surface area contributed by atoms with Crippen LogP contribution in [0.5, 0.6) is 0 Å². The number of hydrogen-bond acceptors (Lipinski definition) is 4. The molecule has 1 saturated heterocycles. The van der Waals surface area contributed by atoms with Crippen LogP contribution in [0.25, 0.3) is 0 Å². The van der Waals surface area contributed by atoms with Gasteiger partial charge in [-0.25, -0.2) is 0 Å². The molecule has 0 spiro atoms. The number of nitrogens with one attached hydrogen (secondary N) is 2. The maximum absolute atomic E-state index is 11.8. The molecule has 0 aliphatic carbocycles. The second kappa shape index (κ2) is 8.87. The third kappa shape index (κ3) is 6.54. The molecule has 1 aliphatic heterocycles. The van der Waals surface area contributed by atoms with Gasteiger partial charge in [-0.15, -0.1) is 0 Å². The van der Waals surface area contributed by atoms with Crippen molar-refractivity contribution in [1.82, 2.24) is 15.5 Å². The first kappa shape index (κ1) is 15.9. The first-order valence-electron chi connectivity index (χ1n) is 6.99. The van der Waals surface area contributed by atoms with Crippen molar-refractivity contribution in [1.29, 1.82) is 0 Å². The molecule has 1 aliphatic rings. The van der Waals surface area contributed by atoms with E-state index in [1.807, 2.05) is 13.8 Å². The van der Waals surface area contributed by atoms with Crippen LogP contribution >= 0.6 is 0 Å². The maximum atomic E-state index is 11.8. The highest BCUT2D eigenvalue weighted by Gasteiger charge is 2.16. The van der Waals surface area contributed by atoms with Gasteiger partial charge in [-0.1, -0.05) is 6.92 Å². The highest BCUT2D eigenvalue weighted by molar-refractivity contribution is 5.79. The van der Waals surface area contributed by atoms with Crippen molar-refractivity contribution in [2.45, 2.75) is 32.7 Å². The number of ether oxygens (including phenoxy) is 1. The summed E-state index contributed by atoms with van der Waals surface area (Å²) in [5.41, 5.74) is 0. The normalized spacial score (nSPS) is 17.1. The zero-order chi connectivity index (χ0) is 14.1. The number of nitrogens with zero attached hydrogens (tertiary/aromatic N) is 1. The molecule has 0 aromatic rings. The van der Waals surface area contributed by atoms with E-state index in [4.69, 9.17) is 4.74 Å². The van der Waals surface area contributed by atoms with Gasteiger partial charge in [0, 0.05) is 32.1 Å². The Hall–Kier alpha value is -1.14. The summed E-state index contributed by atoms with van der Waals surface area (Å²) in [6.07, 6.45) is 1.33. The van der Waals surface area contributed by atoms with Gasteiger partial charge in [-0.05, 0) is 13.3 Å². The first-order chi connectivity index (χ1) is 9.13. The zero-order valence-electron chi connectivity index (χ0n) is 11.9. The fourth-order valence-electron chi connectivity index (χ4n) is 1.77. The average Bonchev–Trinajstić information content (AvgIpc) is 2.44. The number of carbonyl (C=O) groups is 2. The summed E-state index contributed by atoms with van der Waals surface area (Å²) in [4.78, 5) is 25.1. The highest BCUT2D eigenvalue weighted by Crippen LogP contribution is 1.96. The molecule has 110 valence electrons. The summed E-state index contributed by atoms with van der Waals surface area (Å²) >= 11 is 0. The van der Waals surface area contributed by atoms with E-state index in [2.05, 4.69) is 10.6 Å². The summed E-state index contributed by atoms with van der Waals surface area (Å²) in [6.45, 7) is 7.38. The van der Waals surface area contributed by atoms with Crippen molar-refractivity contribution in [2.75, 3.05) is 39.4 Å². The minimum absolute atomic E-state index is 0.0284. The van der Waals surface area contributed by atoms with E-state index in [0.717, 1.165) is 6.42 Å². The topological polar surface area (TPSA) is 70.7 Å². The third-order valence-corrected chi connectivity index (χ3v) is 3.19. The molecule has 0 bridgehead atoms. The molecule has 2 amide bonds. The van der Waals surface area contributed by atoms with E-state index in [9.17, 15) is 9.59 Å². The molecule has 0 aromatic heterocycles. The van der Waals surface area contributed by atoms with Gasteiger partial charge in [0.1, 0.15) is 0 Å². The van der Waals surface area contributed by atoms with Crippen molar-refractivity contribution in [3.8, 4) is 0 Å². The summed E-state index contributed by atoms with van der Waals surface area (Å²) in [5.74, 6) is 0.103. The van der Waals surface area contributed by atoms with Crippen LogP contribution in [-0.4, -0.2) is 62.1 Å². The van der Waals surface area contributed by atoms with Crippen LogP contribution in [0.3, 0.4) is 0 Å². The lowest BCUT2D eigenvalue weighted by molar-refractivity contribution is -0.134. The molecule has 6 heteroatoms. The second-order valence-corrected chi connectivity index (χ2v) is 4.80. The summed E-state index contributed by atoms with van der Waals surface area (Å²) < 4.78 is 5.19. The largest absolute Gasteiger partial charge is 0.378 e. The Kier molecular flexibility index (Phi) is 7.43. The summed E-state index contributed by atoms with van der Waals surface area (Å²) in [5, 5.41) is 5.90. The molecule has 1 unspecified atom stereocenters. The molecule has 0 saturated carbocycles. The van der Waals surface area contributed by atoms with Crippen LogP contribution in [0.4, 0.5) is 0 Å². The quantitative estimate of drug-likeness (QED) is 0.626. The van der Waals surface area contributed by atoms with Crippen molar-refractivity contribution in [3.63, 3.8) is 0 Å². The fourth-order valence-corrected chi connectivity index (χ4v) is 1.77. The van der Waals surface area contributed by atoms with Gasteiger partial charge in [0.2, 0.25) is 11.8 Å². The Morgan fingerprint density at radius 1 is 1.32 bits per heavy atom. The van der Waals surface area contributed by atoms with Crippen LogP contribution in [0, 0.1) is 0 Å². The Balaban J connectivity index is 2.06. The Bertz CT molecular complexity index is 291. The Morgan fingerprint density at radius 2 is 2.00 bits per heavy atom. The fraction of sp³-hybridized carbons (Fsp3) is 0.846. The number of morpholine rings is 1. The van der Waals surface area contributed by atoms with E-state index >= 15 is 0 Å². The van der Waals surface area contributed by atoms with E-state index in [0.29, 0.717) is 39.3 Å². The number of hydrogen-bond donors (Lipinski definition) is 2. The standard InChI is InChI=1S/C13H25N3O3/c1-3-11(2)15-12(17)4-5-14-10-13(18)16-6-8-19-9-7-16/h11,14H,3-10H2,1-2H3,(H,15,17). The smallest absolute Gasteiger partial charge is 0.236 e. The monoisotopic (exact) mass is 271 g/mol. The van der Waals surface area contributed by atoms with Crippen molar-refractivity contribution >= 4 is 11.8 Å². The van der Waals surface area contributed by atoms with Gasteiger partial charge in [0.15, 0.2) is 0 Å². The van der Waals surface area contributed by atoms with Crippen LogP contribution in [0.2, 0.25) is 0 Å². The van der Waals surface area contributed by atoms with E-state index in [1.54, 1.807) is 4.90 Å². The lowest BCUT2D eigenvalue weighted by Gasteiger charge is -2.26. The van der Waals surface area contributed by atoms with Crippen LogP contribution < -0.4 is 10.6 Å². The molecule has 2 N–H and O–H groups in total. The van der Waals surface area contributed by atoms with E-state index in [1.165, 1.54) is 0 Å². The number of rotatable bonds is 7. The Morgan fingerprint density at radius 3 is 2.63 bits per heavy atom. The molecule has 0 radical (unpaired) electrons. The first-order valence-corrected chi connectivity index (χ1v) is 6.99. The van der Waals surface area contributed by atoms with Crippen molar-refractivity contribution < 1.29 is 14.3 Å². The molecular weight excluding hydrogens is 246 g/mol. The molecule has 19 heavy (non-hydrogen) atoms. The van der Waals surface area contributed by atoms with Gasteiger partial charge in [-0.3, -0.25) is 9.59 Å². The van der Waals surface area contributed by atoms with Gasteiger partial charge < -0.3 is 20.3 Å². The summed E-state index contributed by atoms with van der Waals surface area (Å²) in [7, 11) is 0. The molecule has 0 aromatic carbocycles. The average molecular weight is 271 g/mol. The van der Waals surface area contributed by atoms with Gasteiger partial charge >= 0.3 is 0 Å². The third-order valence-electron chi connectivity index (χ3n) is 3.19. The maximum Gasteiger partial charge on any atom is 0.236 e. The second-order valence-electron chi connectivity index (χ2n) is 4.80. The minimum atomic E-state index is 0.0284.